The lowest BCUT2D eigenvalue weighted by atomic mass is 10.4. The van der Waals surface area contributed by atoms with E-state index in [1.54, 1.807) is 0 Å². The Morgan fingerprint density at radius 2 is 0.273 bits per heavy atom. The molecule has 0 N–H and O–H groups in total. The highest BCUT2D eigenvalue weighted by Crippen LogP contribution is 1.98. The molecule has 16 heteroatoms. The standard InChI is InChI=1S/2C18H36N2O6.CH4.2CH3/c2*1-7-21-13-14-24-10-4-20-5-11-25-17-15-22-8-2-19(1)3-9-23-16-18-26-12-6-20;;;/h2*1-18H2;1H4;2*1H3/q;;;-1;+1. The van der Waals surface area contributed by atoms with Gasteiger partial charge in [0.2, 0.25) is 0 Å². The van der Waals surface area contributed by atoms with Crippen LogP contribution < -0.4 is 0 Å². The predicted molar refractivity (Wildman–Crippen MR) is 215 cm³/mol. The maximum Gasteiger partial charge on any atom is 0.0701 e. The topological polar surface area (TPSA) is 124 Å². The van der Waals surface area contributed by atoms with Gasteiger partial charge in [0.05, 0.1) is 159 Å². The van der Waals surface area contributed by atoms with Crippen LogP contribution in [0.5, 0.6) is 0 Å². The molecule has 55 heavy (non-hydrogen) atoms. The lowest BCUT2D eigenvalue weighted by molar-refractivity contribution is -0.0103. The number of ether oxygens (including phenoxy) is 12. The van der Waals surface area contributed by atoms with Crippen LogP contribution >= 0.6 is 0 Å². The summed E-state index contributed by atoms with van der Waals surface area (Å²) in [6, 6.07) is 0. The summed E-state index contributed by atoms with van der Waals surface area (Å²) in [4.78, 5) is 9.25. The van der Waals surface area contributed by atoms with E-state index >= 15 is 0 Å². The van der Waals surface area contributed by atoms with Gasteiger partial charge in [-0.3, -0.25) is 19.6 Å². The van der Waals surface area contributed by atoms with Gasteiger partial charge < -0.3 is 64.3 Å². The molecule has 0 aromatic heterocycles. The largest absolute Gasteiger partial charge is 0.378 e. The molecule has 0 spiro atoms. The highest BCUT2D eigenvalue weighted by molar-refractivity contribution is 4.61. The van der Waals surface area contributed by atoms with Crippen LogP contribution in [-0.2, 0) is 56.8 Å². The van der Waals surface area contributed by atoms with Crippen LogP contribution in [0.4, 0.5) is 0 Å². The first-order valence-corrected chi connectivity index (χ1v) is 19.7. The van der Waals surface area contributed by atoms with Gasteiger partial charge in [-0.25, -0.2) is 0 Å². The lowest BCUT2D eigenvalue weighted by Crippen LogP contribution is -2.36. The van der Waals surface area contributed by atoms with Crippen LogP contribution in [-0.4, -0.2) is 257 Å². The van der Waals surface area contributed by atoms with Gasteiger partial charge in [0.15, 0.2) is 0 Å². The second-order valence-corrected chi connectivity index (χ2v) is 12.7. The van der Waals surface area contributed by atoms with E-state index in [-0.39, 0.29) is 22.3 Å². The van der Waals surface area contributed by atoms with Crippen LogP contribution in [0.15, 0.2) is 0 Å². The molecule has 16 nitrogen and oxygen atoms in total. The van der Waals surface area contributed by atoms with Crippen molar-refractivity contribution < 1.29 is 56.8 Å². The normalized spacial score (nSPS) is 28.8. The van der Waals surface area contributed by atoms with E-state index in [4.69, 9.17) is 56.8 Å². The molecule has 330 valence electrons. The van der Waals surface area contributed by atoms with Crippen molar-refractivity contribution in [1.29, 1.82) is 0 Å². The van der Waals surface area contributed by atoms with E-state index in [1.807, 2.05) is 0 Å². The average molecular weight is 799 g/mol. The summed E-state index contributed by atoms with van der Waals surface area (Å²) in [5.41, 5.74) is 0. The van der Waals surface area contributed by atoms with Crippen molar-refractivity contribution in [2.24, 2.45) is 0 Å². The molecule has 6 saturated heterocycles. The minimum Gasteiger partial charge on any atom is -0.378 e. The first kappa shape index (κ1) is 54.2. The van der Waals surface area contributed by atoms with Crippen molar-refractivity contribution in [1.82, 2.24) is 19.6 Å². The zero-order chi connectivity index (χ0) is 36.3. The molecular formula is C39H82N4O12. The molecule has 0 saturated carbocycles. The molecule has 0 amide bonds. The quantitative estimate of drug-likeness (QED) is 0.323. The fourth-order valence-electron chi connectivity index (χ4n) is 5.60. The van der Waals surface area contributed by atoms with E-state index in [9.17, 15) is 0 Å². The summed E-state index contributed by atoms with van der Waals surface area (Å²) in [6.45, 7) is 26.4. The second-order valence-electron chi connectivity index (χ2n) is 12.7. The molecule has 0 atom stereocenters. The summed E-state index contributed by atoms with van der Waals surface area (Å²) in [6.07, 6.45) is 0. The van der Waals surface area contributed by atoms with Gasteiger partial charge in [0.1, 0.15) is 0 Å². The van der Waals surface area contributed by atoms with Gasteiger partial charge in [-0.05, 0) is 0 Å². The van der Waals surface area contributed by atoms with E-state index in [0.29, 0.717) is 159 Å². The zero-order valence-electron chi connectivity index (χ0n) is 34.1. The second kappa shape index (κ2) is 41.4. The third-order valence-electron chi connectivity index (χ3n) is 8.85. The van der Waals surface area contributed by atoms with Gasteiger partial charge in [-0.15, -0.1) is 0 Å². The minimum atomic E-state index is 0. The highest BCUT2D eigenvalue weighted by Gasteiger charge is 2.11. The number of rotatable bonds is 0. The van der Waals surface area contributed by atoms with Crippen molar-refractivity contribution in [2.45, 2.75) is 7.43 Å². The Bertz CT molecular complexity index is 555. The molecule has 6 fully saturated rings. The van der Waals surface area contributed by atoms with Gasteiger partial charge in [0.25, 0.3) is 0 Å². The lowest BCUT2D eigenvalue weighted by Gasteiger charge is -2.24. The van der Waals surface area contributed by atoms with Gasteiger partial charge in [0, 0.05) is 86.0 Å². The Morgan fingerprint density at radius 3 is 0.364 bits per heavy atom. The van der Waals surface area contributed by atoms with Crippen LogP contribution in [0.1, 0.15) is 7.43 Å². The third-order valence-corrected chi connectivity index (χ3v) is 8.85. The minimum absolute atomic E-state index is 0. The summed E-state index contributed by atoms with van der Waals surface area (Å²) in [7, 11) is 0. The van der Waals surface area contributed by atoms with Gasteiger partial charge in [-0.1, -0.05) is 7.43 Å². The zero-order valence-corrected chi connectivity index (χ0v) is 34.1. The first-order valence-electron chi connectivity index (χ1n) is 19.7. The van der Waals surface area contributed by atoms with Crippen molar-refractivity contribution in [3.8, 4) is 0 Å². The smallest absolute Gasteiger partial charge is 0.0701 e. The maximum absolute atomic E-state index is 5.70. The van der Waals surface area contributed by atoms with E-state index < -0.39 is 0 Å². The fraction of sp³-hybridized carbons (Fsp3) is 0.949. The summed E-state index contributed by atoms with van der Waals surface area (Å²) in [5, 5.41) is 0. The van der Waals surface area contributed by atoms with Crippen molar-refractivity contribution in [3.05, 3.63) is 14.9 Å². The SMILES string of the molecule is C.C1COCCN2CCOCCOCCN(CCO1)CCOCCOCC2.C1COCCN2CCOCCOCCN(CCO1)CCOCCOCC2.[CH3+].[CH3-]. The Morgan fingerprint density at radius 1 is 0.182 bits per heavy atom. The van der Waals surface area contributed by atoms with Crippen LogP contribution in [0.3, 0.4) is 0 Å². The van der Waals surface area contributed by atoms with Crippen LogP contribution in [0.25, 0.3) is 0 Å². The summed E-state index contributed by atoms with van der Waals surface area (Å²) < 4.78 is 68.4. The Balaban J connectivity index is 0.00000101. The predicted octanol–water partition coefficient (Wildman–Crippen LogP) is 0.971. The molecule has 6 heterocycles. The van der Waals surface area contributed by atoms with E-state index in [1.165, 1.54) is 0 Å². The van der Waals surface area contributed by atoms with E-state index in [0.717, 1.165) is 78.5 Å². The molecule has 0 aromatic carbocycles. The molecule has 6 aliphatic heterocycles. The molecule has 0 radical (unpaired) electrons. The molecule has 0 aromatic rings. The third kappa shape index (κ3) is 32.8. The van der Waals surface area contributed by atoms with Crippen LogP contribution in [0.2, 0.25) is 0 Å². The molecule has 6 rings (SSSR count). The molecule has 0 aliphatic carbocycles. The highest BCUT2D eigenvalue weighted by atomic mass is 16.5. The Labute approximate surface area is 335 Å². The molecule has 4 bridgehead atoms. The average Bonchev–Trinajstić information content (AvgIpc) is 3.15. The van der Waals surface area contributed by atoms with Crippen molar-refractivity contribution >= 4 is 0 Å². The maximum atomic E-state index is 5.70. The first-order chi connectivity index (χ1) is 25.9. The summed E-state index contributed by atoms with van der Waals surface area (Å²) >= 11 is 0. The van der Waals surface area contributed by atoms with Gasteiger partial charge >= 0.3 is 0 Å². The van der Waals surface area contributed by atoms with Crippen molar-refractivity contribution in [3.63, 3.8) is 0 Å². The number of hydrogen-bond donors (Lipinski definition) is 0. The van der Waals surface area contributed by atoms with Crippen LogP contribution in [0, 0.1) is 14.9 Å². The fourth-order valence-corrected chi connectivity index (χ4v) is 5.60. The van der Waals surface area contributed by atoms with Gasteiger partial charge in [-0.2, -0.15) is 0 Å². The summed E-state index contributed by atoms with van der Waals surface area (Å²) in [5.74, 6) is 0. The monoisotopic (exact) mass is 799 g/mol. The Kier molecular flexibility index (Phi) is 40.8. The number of nitrogens with zero attached hydrogens (tertiary/aromatic N) is 4. The molecule has 0 unspecified atom stereocenters. The Hall–Kier alpha value is -0.770. The molecular weight excluding hydrogens is 716 g/mol. The van der Waals surface area contributed by atoms with E-state index in [2.05, 4.69) is 19.6 Å². The molecule has 6 aliphatic rings. The number of hydrogen-bond acceptors (Lipinski definition) is 16. The number of fused-ring (bicyclic) bond motifs is 42. The van der Waals surface area contributed by atoms with Crippen molar-refractivity contribution in [2.75, 3.05) is 237 Å².